The van der Waals surface area contributed by atoms with E-state index in [9.17, 15) is 5.11 Å². The maximum Gasteiger partial charge on any atom is 0.126 e. The minimum Gasteiger partial charge on any atom is -0.390 e. The number of hydrogen-bond acceptors (Lipinski definition) is 6. The van der Waals surface area contributed by atoms with Crippen molar-refractivity contribution in [3.63, 3.8) is 0 Å². The smallest absolute Gasteiger partial charge is 0.126 e. The molecule has 4 rings (SSSR count). The van der Waals surface area contributed by atoms with Gasteiger partial charge in [0.05, 0.1) is 32.1 Å². The molecule has 0 spiro atoms. The van der Waals surface area contributed by atoms with Crippen LogP contribution in [0, 0.1) is 0 Å². The molecule has 1 aliphatic heterocycles. The van der Waals surface area contributed by atoms with Gasteiger partial charge in [0.25, 0.3) is 0 Å². The zero-order valence-corrected chi connectivity index (χ0v) is 13.7. The van der Waals surface area contributed by atoms with Crippen LogP contribution in [0.5, 0.6) is 0 Å². The van der Waals surface area contributed by atoms with Crippen LogP contribution in [0.25, 0.3) is 20.8 Å². The van der Waals surface area contributed by atoms with Gasteiger partial charge in [0.2, 0.25) is 0 Å². The van der Waals surface area contributed by atoms with E-state index in [4.69, 9.17) is 5.73 Å². The van der Waals surface area contributed by atoms with Crippen molar-refractivity contribution in [1.29, 1.82) is 0 Å². The van der Waals surface area contributed by atoms with Crippen LogP contribution in [-0.4, -0.2) is 39.0 Å². The fourth-order valence-corrected chi connectivity index (χ4v) is 4.13. The summed E-state index contributed by atoms with van der Waals surface area (Å²) in [5.41, 5.74) is 8.45. The number of aromatic amines is 1. The van der Waals surface area contributed by atoms with Crippen molar-refractivity contribution >= 4 is 33.1 Å². The van der Waals surface area contributed by atoms with E-state index in [-0.39, 0.29) is 0 Å². The number of fused-ring (bicyclic) bond motifs is 1. The summed E-state index contributed by atoms with van der Waals surface area (Å²) in [7, 11) is 0. The Kier molecular flexibility index (Phi) is 3.28. The number of thiophene rings is 1. The molecule has 7 heteroatoms. The van der Waals surface area contributed by atoms with Crippen molar-refractivity contribution in [3.8, 4) is 10.6 Å². The molecule has 120 valence electrons. The van der Waals surface area contributed by atoms with Crippen molar-refractivity contribution in [3.05, 3.63) is 24.4 Å². The molecule has 4 N–H and O–H groups in total. The minimum absolute atomic E-state index is 0.527. The molecule has 0 aliphatic carbocycles. The predicted octanol–water partition coefficient (Wildman–Crippen LogP) is 2.62. The second-order valence-electron chi connectivity index (χ2n) is 6.35. The number of nitrogens with zero attached hydrogens (tertiary/aromatic N) is 3. The van der Waals surface area contributed by atoms with Crippen molar-refractivity contribution in [2.24, 2.45) is 0 Å². The standard InChI is InChI=1S/C16H19N5OS/c1-16(22)3-6-21(7-4-16)12-9-14(17)19-11-8-13(23-15(11)12)10-2-5-18-20-10/h2,5,8-9,22H,3-4,6-7H2,1H3,(H2,17,19)(H,18,20). The van der Waals surface area contributed by atoms with E-state index in [1.807, 2.05) is 25.1 Å². The number of nitrogens with two attached hydrogens (primary N) is 1. The Hall–Kier alpha value is -2.12. The number of piperidine rings is 1. The largest absolute Gasteiger partial charge is 0.390 e. The molecule has 1 saturated heterocycles. The van der Waals surface area contributed by atoms with Gasteiger partial charge in [-0.15, -0.1) is 11.3 Å². The summed E-state index contributed by atoms with van der Waals surface area (Å²) in [5.74, 6) is 0.527. The molecule has 0 saturated carbocycles. The molecule has 0 atom stereocenters. The topological polar surface area (TPSA) is 91.1 Å². The van der Waals surface area contributed by atoms with E-state index in [0.717, 1.165) is 52.4 Å². The van der Waals surface area contributed by atoms with E-state index >= 15 is 0 Å². The van der Waals surface area contributed by atoms with Crippen LogP contribution < -0.4 is 10.6 Å². The number of anilines is 2. The number of aliphatic hydroxyl groups is 1. The van der Waals surface area contributed by atoms with Crippen LogP contribution in [-0.2, 0) is 0 Å². The maximum atomic E-state index is 10.2. The highest BCUT2D eigenvalue weighted by atomic mass is 32.1. The number of nitrogens with one attached hydrogen (secondary N) is 1. The summed E-state index contributed by atoms with van der Waals surface area (Å²) in [6, 6.07) is 5.94. The van der Waals surface area contributed by atoms with E-state index in [1.165, 1.54) is 0 Å². The van der Waals surface area contributed by atoms with Crippen LogP contribution in [0.1, 0.15) is 19.8 Å². The third-order valence-corrected chi connectivity index (χ3v) is 5.61. The molecule has 0 radical (unpaired) electrons. The Balaban J connectivity index is 1.77. The SMILES string of the molecule is CC1(O)CCN(c2cc(N)nc3cc(-c4ccn[nH]4)sc23)CC1. The first-order chi connectivity index (χ1) is 11.0. The van der Waals surface area contributed by atoms with Gasteiger partial charge in [-0.3, -0.25) is 5.10 Å². The van der Waals surface area contributed by atoms with Crippen molar-refractivity contribution in [1.82, 2.24) is 15.2 Å². The first-order valence-corrected chi connectivity index (χ1v) is 8.51. The van der Waals surface area contributed by atoms with Crippen LogP contribution in [0.3, 0.4) is 0 Å². The van der Waals surface area contributed by atoms with E-state index in [2.05, 4.69) is 20.1 Å². The van der Waals surface area contributed by atoms with Crippen molar-refractivity contribution in [2.45, 2.75) is 25.4 Å². The van der Waals surface area contributed by atoms with Crippen molar-refractivity contribution in [2.75, 3.05) is 23.7 Å². The predicted molar refractivity (Wildman–Crippen MR) is 93.7 cm³/mol. The number of nitrogen functional groups attached to an aromatic ring is 1. The number of rotatable bonds is 2. The summed E-state index contributed by atoms with van der Waals surface area (Å²) in [5, 5.41) is 17.2. The summed E-state index contributed by atoms with van der Waals surface area (Å²) in [6.45, 7) is 3.55. The minimum atomic E-state index is -0.565. The van der Waals surface area contributed by atoms with Gasteiger partial charge in [-0.05, 0) is 31.9 Å². The third kappa shape index (κ3) is 2.66. The fourth-order valence-electron chi connectivity index (χ4n) is 3.02. The lowest BCUT2D eigenvalue weighted by molar-refractivity contribution is 0.0352. The molecule has 0 amide bonds. The zero-order valence-electron chi connectivity index (χ0n) is 12.9. The average molecular weight is 329 g/mol. The molecule has 6 nitrogen and oxygen atoms in total. The normalized spacial score (nSPS) is 17.7. The van der Waals surface area contributed by atoms with Crippen LogP contribution >= 0.6 is 11.3 Å². The Morgan fingerprint density at radius 1 is 1.35 bits per heavy atom. The van der Waals surface area contributed by atoms with E-state index in [0.29, 0.717) is 5.82 Å². The van der Waals surface area contributed by atoms with Gasteiger partial charge in [0, 0.05) is 25.4 Å². The third-order valence-electron chi connectivity index (χ3n) is 4.43. The monoisotopic (exact) mass is 329 g/mol. The molecular formula is C16H19N5OS. The quantitative estimate of drug-likeness (QED) is 0.672. The lowest BCUT2D eigenvalue weighted by Gasteiger charge is -2.37. The highest BCUT2D eigenvalue weighted by molar-refractivity contribution is 7.22. The first kappa shape index (κ1) is 14.5. The fraction of sp³-hybridized carbons (Fsp3) is 0.375. The molecular weight excluding hydrogens is 310 g/mol. The molecule has 4 heterocycles. The van der Waals surface area contributed by atoms with Gasteiger partial charge in [0.1, 0.15) is 5.82 Å². The van der Waals surface area contributed by atoms with Gasteiger partial charge >= 0.3 is 0 Å². The van der Waals surface area contributed by atoms with Gasteiger partial charge < -0.3 is 15.7 Å². The summed E-state index contributed by atoms with van der Waals surface area (Å²) < 4.78 is 1.13. The number of pyridine rings is 1. The van der Waals surface area contributed by atoms with Crippen molar-refractivity contribution < 1.29 is 5.11 Å². The summed E-state index contributed by atoms with van der Waals surface area (Å²) >= 11 is 1.69. The molecule has 0 aromatic carbocycles. The van der Waals surface area contributed by atoms with Gasteiger partial charge in [0.15, 0.2) is 0 Å². The summed E-state index contributed by atoms with van der Waals surface area (Å²) in [6.07, 6.45) is 3.26. The van der Waals surface area contributed by atoms with Crippen LogP contribution in [0.15, 0.2) is 24.4 Å². The lowest BCUT2D eigenvalue weighted by Crippen LogP contribution is -2.42. The Morgan fingerprint density at radius 2 is 2.13 bits per heavy atom. The highest BCUT2D eigenvalue weighted by Crippen LogP contribution is 2.39. The first-order valence-electron chi connectivity index (χ1n) is 7.69. The second kappa shape index (κ2) is 5.21. The second-order valence-corrected chi connectivity index (χ2v) is 7.40. The molecule has 0 unspecified atom stereocenters. The zero-order chi connectivity index (χ0) is 16.0. The number of hydrogen-bond donors (Lipinski definition) is 3. The van der Waals surface area contributed by atoms with Gasteiger partial charge in [-0.2, -0.15) is 5.10 Å². The van der Waals surface area contributed by atoms with E-state index in [1.54, 1.807) is 17.5 Å². The molecule has 3 aromatic rings. The average Bonchev–Trinajstić information content (AvgIpc) is 3.15. The van der Waals surface area contributed by atoms with Gasteiger partial charge in [-0.1, -0.05) is 0 Å². The molecule has 23 heavy (non-hydrogen) atoms. The number of H-pyrrole nitrogens is 1. The van der Waals surface area contributed by atoms with E-state index < -0.39 is 5.60 Å². The molecule has 1 fully saturated rings. The summed E-state index contributed by atoms with van der Waals surface area (Å²) in [4.78, 5) is 7.86. The van der Waals surface area contributed by atoms with Crippen LogP contribution in [0.2, 0.25) is 0 Å². The Morgan fingerprint density at radius 3 is 2.83 bits per heavy atom. The molecule has 3 aromatic heterocycles. The maximum absolute atomic E-state index is 10.2. The Labute approximate surface area is 138 Å². The van der Waals surface area contributed by atoms with Crippen LogP contribution in [0.4, 0.5) is 11.5 Å². The van der Waals surface area contributed by atoms with Gasteiger partial charge in [-0.25, -0.2) is 4.98 Å². The molecule has 0 bridgehead atoms. The Bertz CT molecular complexity index is 830. The lowest BCUT2D eigenvalue weighted by atomic mass is 9.93. The highest BCUT2D eigenvalue weighted by Gasteiger charge is 2.28. The number of aromatic nitrogens is 3. The molecule has 1 aliphatic rings.